The van der Waals surface area contributed by atoms with Gasteiger partial charge in [-0.05, 0) is 0 Å². The van der Waals surface area contributed by atoms with E-state index >= 15 is 0 Å². The van der Waals surface area contributed by atoms with E-state index in [1.165, 1.54) is 0 Å². The molecule has 0 radical (unpaired) electrons. The molecule has 0 rings (SSSR count). The maximum atomic E-state index is 9.81. The number of hydrogen-bond acceptors (Lipinski definition) is 1. The van der Waals surface area contributed by atoms with Gasteiger partial charge in [-0.25, -0.2) is 0 Å². The molecule has 0 aromatic rings. The molecule has 0 N–H and O–H groups in total. The SMILES string of the molecule is CC(=O)[CH2][Ir]. The van der Waals surface area contributed by atoms with Crippen molar-refractivity contribution >= 4 is 5.78 Å². The van der Waals surface area contributed by atoms with Gasteiger partial charge in [0.1, 0.15) is 0 Å². The topological polar surface area (TPSA) is 17.1 Å². The summed E-state index contributed by atoms with van der Waals surface area (Å²) >= 11 is 1.85. The van der Waals surface area contributed by atoms with Gasteiger partial charge in [0.05, 0.1) is 0 Å². The van der Waals surface area contributed by atoms with Crippen LogP contribution >= 0.6 is 0 Å². The van der Waals surface area contributed by atoms with E-state index in [1.807, 2.05) is 18.9 Å². The summed E-state index contributed by atoms with van der Waals surface area (Å²) in [5.74, 6) is 0.255. The average Bonchev–Trinajstić information content (AvgIpc) is 1.38. The molecule has 0 amide bonds. The van der Waals surface area contributed by atoms with Crippen molar-refractivity contribution in [2.75, 3.05) is 0 Å². The van der Waals surface area contributed by atoms with Crippen molar-refractivity contribution < 1.29 is 23.7 Å². The van der Waals surface area contributed by atoms with Crippen LogP contribution in [0.3, 0.4) is 0 Å². The Hall–Kier alpha value is 0.319. The molecular weight excluding hydrogens is 244 g/mol. The first-order valence-corrected chi connectivity index (χ1v) is 2.99. The molecule has 0 aliphatic rings. The second-order valence-electron chi connectivity index (χ2n) is 0.820. The van der Waals surface area contributed by atoms with Crippen LogP contribution in [0, 0.1) is 0 Å². The fourth-order valence-corrected chi connectivity index (χ4v) is 0. The van der Waals surface area contributed by atoms with E-state index in [-0.39, 0.29) is 5.78 Å². The minimum atomic E-state index is 0.255. The summed E-state index contributed by atoms with van der Waals surface area (Å²) in [6.45, 7) is 1.58. The van der Waals surface area contributed by atoms with Crippen LogP contribution in [0.25, 0.3) is 0 Å². The predicted molar refractivity (Wildman–Crippen MR) is 15.5 cm³/mol. The summed E-state index contributed by atoms with van der Waals surface area (Å²) in [5, 5.41) is 0. The Morgan fingerprint density at radius 3 is 2.20 bits per heavy atom. The van der Waals surface area contributed by atoms with Gasteiger partial charge < -0.3 is 0 Å². The van der Waals surface area contributed by atoms with Crippen molar-refractivity contribution in [3.05, 3.63) is 0 Å². The molecule has 0 aliphatic carbocycles. The molecule has 2 heteroatoms. The van der Waals surface area contributed by atoms with Crippen molar-refractivity contribution in [2.45, 2.75) is 11.9 Å². The molecule has 0 aromatic carbocycles. The summed E-state index contributed by atoms with van der Waals surface area (Å²) in [7, 11) is 0. The number of ketones is 1. The Bertz CT molecular complexity index is 42.2. The molecule has 0 spiro atoms. The van der Waals surface area contributed by atoms with Gasteiger partial charge in [0, 0.05) is 0 Å². The van der Waals surface area contributed by atoms with Gasteiger partial charge in [0.2, 0.25) is 0 Å². The van der Waals surface area contributed by atoms with Crippen LogP contribution in [0.4, 0.5) is 0 Å². The van der Waals surface area contributed by atoms with Crippen LogP contribution in [0.2, 0.25) is 4.93 Å². The molecule has 0 aromatic heterocycles. The molecule has 0 heterocycles. The zero-order chi connectivity index (χ0) is 4.28. The van der Waals surface area contributed by atoms with E-state index in [2.05, 4.69) is 0 Å². The number of Topliss-reactive ketones (excluding diaryl/α,β-unsaturated/α-hetero) is 1. The van der Waals surface area contributed by atoms with Crippen molar-refractivity contribution in [1.29, 1.82) is 0 Å². The molecule has 0 fully saturated rings. The molecule has 0 saturated carbocycles. The van der Waals surface area contributed by atoms with E-state index in [0.717, 1.165) is 0 Å². The first-order chi connectivity index (χ1) is 2.27. The third-order valence-electron chi connectivity index (χ3n) is 0.166. The van der Waals surface area contributed by atoms with Gasteiger partial charge in [-0.15, -0.1) is 0 Å². The van der Waals surface area contributed by atoms with Crippen LogP contribution in [-0.4, -0.2) is 5.78 Å². The Labute approximate surface area is 41.9 Å². The van der Waals surface area contributed by atoms with Crippen LogP contribution in [0.15, 0.2) is 0 Å². The Morgan fingerprint density at radius 1 is 2.00 bits per heavy atom. The molecule has 32 valence electrons. The van der Waals surface area contributed by atoms with E-state index in [1.54, 1.807) is 6.92 Å². The molecule has 1 nitrogen and oxygen atoms in total. The van der Waals surface area contributed by atoms with E-state index in [9.17, 15) is 4.79 Å². The number of carbonyl (C=O) groups excluding carboxylic acids is 1. The third-order valence-corrected chi connectivity index (χ3v) is 1.36. The van der Waals surface area contributed by atoms with Gasteiger partial charge in [0.25, 0.3) is 0 Å². The molecule has 0 aliphatic heterocycles. The van der Waals surface area contributed by atoms with Crippen LogP contribution in [0.1, 0.15) is 6.92 Å². The van der Waals surface area contributed by atoms with Gasteiger partial charge in [0.15, 0.2) is 0 Å². The first-order valence-electron chi connectivity index (χ1n) is 1.29. The summed E-state index contributed by atoms with van der Waals surface area (Å²) in [5.41, 5.74) is 0. The van der Waals surface area contributed by atoms with Crippen molar-refractivity contribution in [3.63, 3.8) is 0 Å². The zero-order valence-corrected chi connectivity index (χ0v) is 5.34. The van der Waals surface area contributed by atoms with Gasteiger partial charge in [-0.2, -0.15) is 0 Å². The van der Waals surface area contributed by atoms with Gasteiger partial charge in [-0.3, -0.25) is 0 Å². The number of carbonyl (C=O) groups is 1. The second-order valence-corrected chi connectivity index (χ2v) is 1.67. The van der Waals surface area contributed by atoms with Crippen molar-refractivity contribution in [3.8, 4) is 0 Å². The number of hydrogen-bond donors (Lipinski definition) is 0. The first kappa shape index (κ1) is 5.32. The van der Waals surface area contributed by atoms with Crippen LogP contribution < -0.4 is 0 Å². The fraction of sp³-hybridized carbons (Fsp3) is 0.667. The second kappa shape index (κ2) is 2.55. The Morgan fingerprint density at radius 2 is 2.20 bits per heavy atom. The molecule has 5 heavy (non-hydrogen) atoms. The van der Waals surface area contributed by atoms with Gasteiger partial charge in [-0.1, -0.05) is 0 Å². The summed E-state index contributed by atoms with van der Waals surface area (Å²) < 4.78 is 0. The zero-order valence-electron chi connectivity index (χ0n) is 2.95. The summed E-state index contributed by atoms with van der Waals surface area (Å²) in [4.78, 5) is 10.5. The number of rotatable bonds is 1. The van der Waals surface area contributed by atoms with E-state index in [0.29, 0.717) is 4.93 Å². The minimum absolute atomic E-state index is 0.255. The predicted octanol–water partition coefficient (Wildman–Crippen LogP) is 0.540. The van der Waals surface area contributed by atoms with Gasteiger partial charge >= 0.3 is 41.3 Å². The molecule has 0 atom stereocenters. The molecule has 0 saturated heterocycles. The van der Waals surface area contributed by atoms with Crippen molar-refractivity contribution in [1.82, 2.24) is 0 Å². The molecular formula is C3H5IrO. The van der Waals surface area contributed by atoms with E-state index < -0.39 is 0 Å². The quantitative estimate of drug-likeness (QED) is 0.663. The average molecular weight is 249 g/mol. The maximum absolute atomic E-state index is 9.81. The van der Waals surface area contributed by atoms with Crippen molar-refractivity contribution in [2.24, 2.45) is 0 Å². The summed E-state index contributed by atoms with van der Waals surface area (Å²) in [6.07, 6.45) is 0. The standard InChI is InChI=1S/C3H5O.Ir/c1-3(2)4;/h1H2,2H3;. The van der Waals surface area contributed by atoms with Crippen LogP contribution in [-0.2, 0) is 23.7 Å². The monoisotopic (exact) mass is 250 g/mol. The molecule has 0 unspecified atom stereocenters. The normalized spacial score (nSPS) is 7.80. The summed E-state index contributed by atoms with van der Waals surface area (Å²) in [6, 6.07) is 0. The Kier molecular flexibility index (Phi) is 2.71. The van der Waals surface area contributed by atoms with E-state index in [4.69, 9.17) is 0 Å². The fourth-order valence-electron chi connectivity index (χ4n) is 0. The Balaban J connectivity index is 2.85. The third kappa shape index (κ3) is 4.32. The van der Waals surface area contributed by atoms with Crippen LogP contribution in [0.5, 0.6) is 0 Å². The molecule has 0 bridgehead atoms.